The zero-order chi connectivity index (χ0) is 14.2. The van der Waals surface area contributed by atoms with Crippen molar-refractivity contribution in [2.75, 3.05) is 11.5 Å². The minimum Gasteiger partial charge on any atom is -0.306 e. The summed E-state index contributed by atoms with van der Waals surface area (Å²) >= 11 is 0. The first-order chi connectivity index (χ1) is 8.80. The molecule has 5 nitrogen and oxygen atoms in total. The van der Waals surface area contributed by atoms with Crippen LogP contribution in [0.4, 0.5) is 0 Å². The Labute approximate surface area is 115 Å². The normalized spacial score (nSPS) is 24.3. The maximum Gasteiger partial charge on any atom is 0.151 e. The Morgan fingerprint density at radius 3 is 2.63 bits per heavy atom. The van der Waals surface area contributed by atoms with Gasteiger partial charge in [-0.15, -0.1) is 0 Å². The summed E-state index contributed by atoms with van der Waals surface area (Å²) in [4.78, 5) is 0. The molecule has 0 amide bonds. The van der Waals surface area contributed by atoms with E-state index in [1.807, 2.05) is 25.6 Å². The maximum atomic E-state index is 11.7. The van der Waals surface area contributed by atoms with Crippen molar-refractivity contribution in [2.24, 2.45) is 7.05 Å². The Hall–Kier alpha value is -0.880. The lowest BCUT2D eigenvalue weighted by molar-refractivity contribution is 0.435. The van der Waals surface area contributed by atoms with Gasteiger partial charge in [0.15, 0.2) is 9.84 Å². The van der Waals surface area contributed by atoms with Crippen LogP contribution >= 0.6 is 0 Å². The van der Waals surface area contributed by atoms with Crippen LogP contribution in [0.2, 0.25) is 0 Å². The smallest absolute Gasteiger partial charge is 0.151 e. The van der Waals surface area contributed by atoms with Crippen LogP contribution in [0.1, 0.15) is 42.8 Å². The second kappa shape index (κ2) is 5.25. The summed E-state index contributed by atoms with van der Waals surface area (Å²) in [5.74, 6) is 0.597. The summed E-state index contributed by atoms with van der Waals surface area (Å²) < 4.78 is 25.2. The highest BCUT2D eigenvalue weighted by Crippen LogP contribution is 2.23. The third kappa shape index (κ3) is 3.17. The molecule has 1 aliphatic heterocycles. The molecule has 0 aliphatic carbocycles. The molecule has 0 spiro atoms. The van der Waals surface area contributed by atoms with E-state index in [2.05, 4.69) is 17.3 Å². The molecule has 2 heterocycles. The highest BCUT2D eigenvalue weighted by Gasteiger charge is 2.27. The number of sulfone groups is 1. The summed E-state index contributed by atoms with van der Waals surface area (Å²) in [6, 6.07) is 0.194. The first-order valence-electron chi connectivity index (χ1n) is 6.76. The molecule has 1 aromatic rings. The van der Waals surface area contributed by atoms with E-state index in [0.717, 1.165) is 24.2 Å². The van der Waals surface area contributed by atoms with Gasteiger partial charge < -0.3 is 5.32 Å². The second-order valence-electron chi connectivity index (χ2n) is 5.55. The molecule has 0 saturated carbocycles. The van der Waals surface area contributed by atoms with Crippen molar-refractivity contribution in [1.82, 2.24) is 15.1 Å². The zero-order valence-corrected chi connectivity index (χ0v) is 12.9. The summed E-state index contributed by atoms with van der Waals surface area (Å²) in [7, 11) is -0.924. The molecule has 2 rings (SSSR count). The van der Waals surface area contributed by atoms with Gasteiger partial charge in [-0.25, -0.2) is 8.42 Å². The molecule has 19 heavy (non-hydrogen) atoms. The molecular formula is C13H23N3O2S. The van der Waals surface area contributed by atoms with Crippen LogP contribution in [-0.4, -0.2) is 35.7 Å². The first kappa shape index (κ1) is 14.5. The summed E-state index contributed by atoms with van der Waals surface area (Å²) in [6.45, 7) is 6.13. The van der Waals surface area contributed by atoms with E-state index < -0.39 is 9.84 Å². The number of hydrogen-bond acceptors (Lipinski definition) is 4. The molecule has 1 saturated heterocycles. The lowest BCUT2D eigenvalue weighted by Crippen LogP contribution is -2.41. The summed E-state index contributed by atoms with van der Waals surface area (Å²) in [6.07, 6.45) is 1.69. The molecular weight excluding hydrogens is 262 g/mol. The monoisotopic (exact) mass is 285 g/mol. The van der Waals surface area contributed by atoms with Gasteiger partial charge >= 0.3 is 0 Å². The molecule has 2 atom stereocenters. The number of hydrogen-bond donors (Lipinski definition) is 1. The predicted octanol–water partition coefficient (Wildman–Crippen LogP) is 1.26. The fraction of sp³-hybridized carbons (Fsp3) is 0.769. The maximum absolute atomic E-state index is 11.7. The van der Waals surface area contributed by atoms with E-state index in [0.29, 0.717) is 5.75 Å². The molecule has 0 bridgehead atoms. The summed E-state index contributed by atoms with van der Waals surface area (Å²) in [5.41, 5.74) is 3.33. The van der Waals surface area contributed by atoms with E-state index >= 15 is 0 Å². The number of nitrogens with zero attached hydrogens (tertiary/aromatic N) is 2. The largest absolute Gasteiger partial charge is 0.306 e. The van der Waals surface area contributed by atoms with Crippen molar-refractivity contribution in [1.29, 1.82) is 0 Å². The molecule has 1 aliphatic rings. The molecule has 108 valence electrons. The zero-order valence-electron chi connectivity index (χ0n) is 12.1. The quantitative estimate of drug-likeness (QED) is 0.908. The number of aryl methyl sites for hydroxylation is 2. The number of nitrogens with one attached hydrogen (secondary N) is 1. The summed E-state index contributed by atoms with van der Waals surface area (Å²) in [5, 5.41) is 7.86. The Morgan fingerprint density at radius 1 is 1.42 bits per heavy atom. The SMILES string of the molecule is Cc1nn(C)c(C)c1C(C)NC1CCCS(=O)(=O)C1. The van der Waals surface area contributed by atoms with Crippen LogP contribution in [0.5, 0.6) is 0 Å². The van der Waals surface area contributed by atoms with Crippen LogP contribution in [0.3, 0.4) is 0 Å². The highest BCUT2D eigenvalue weighted by molar-refractivity contribution is 7.91. The van der Waals surface area contributed by atoms with E-state index in [1.54, 1.807) is 0 Å². The third-order valence-corrected chi connectivity index (χ3v) is 5.77. The lowest BCUT2D eigenvalue weighted by Gasteiger charge is -2.27. The minimum atomic E-state index is -2.86. The average Bonchev–Trinajstić information content (AvgIpc) is 2.51. The molecule has 0 aromatic carbocycles. The van der Waals surface area contributed by atoms with Crippen LogP contribution in [0.15, 0.2) is 0 Å². The molecule has 2 unspecified atom stereocenters. The molecule has 1 N–H and O–H groups in total. The molecule has 1 aromatic heterocycles. The Kier molecular flexibility index (Phi) is 4.01. The van der Waals surface area contributed by atoms with Crippen LogP contribution in [0.25, 0.3) is 0 Å². The fourth-order valence-corrected chi connectivity index (χ4v) is 4.66. The van der Waals surface area contributed by atoms with Crippen molar-refractivity contribution in [3.8, 4) is 0 Å². The van der Waals surface area contributed by atoms with Gasteiger partial charge in [0.25, 0.3) is 0 Å². The van der Waals surface area contributed by atoms with E-state index in [4.69, 9.17) is 0 Å². The fourth-order valence-electron chi connectivity index (χ4n) is 3.01. The van der Waals surface area contributed by atoms with Gasteiger partial charge in [0.1, 0.15) is 0 Å². The topological polar surface area (TPSA) is 64.0 Å². The van der Waals surface area contributed by atoms with Gasteiger partial charge in [-0.1, -0.05) is 0 Å². The van der Waals surface area contributed by atoms with Gasteiger partial charge in [-0.2, -0.15) is 5.10 Å². The van der Waals surface area contributed by atoms with Crippen LogP contribution < -0.4 is 5.32 Å². The van der Waals surface area contributed by atoms with Gasteiger partial charge in [-0.05, 0) is 33.6 Å². The van der Waals surface area contributed by atoms with Crippen molar-refractivity contribution in [3.63, 3.8) is 0 Å². The van der Waals surface area contributed by atoms with Gasteiger partial charge in [-0.3, -0.25) is 4.68 Å². The van der Waals surface area contributed by atoms with Crippen molar-refractivity contribution in [3.05, 3.63) is 17.0 Å². The highest BCUT2D eigenvalue weighted by atomic mass is 32.2. The van der Waals surface area contributed by atoms with Crippen molar-refractivity contribution < 1.29 is 8.42 Å². The van der Waals surface area contributed by atoms with Crippen LogP contribution in [-0.2, 0) is 16.9 Å². The first-order valence-corrected chi connectivity index (χ1v) is 8.59. The lowest BCUT2D eigenvalue weighted by atomic mass is 10.0. The van der Waals surface area contributed by atoms with E-state index in [9.17, 15) is 8.42 Å². The minimum absolute atomic E-state index is 0.0627. The molecule has 0 radical (unpaired) electrons. The van der Waals surface area contributed by atoms with Gasteiger partial charge in [0.05, 0.1) is 17.2 Å². The molecule has 1 fully saturated rings. The van der Waals surface area contributed by atoms with E-state index in [-0.39, 0.29) is 17.8 Å². The van der Waals surface area contributed by atoms with Crippen LogP contribution in [0, 0.1) is 13.8 Å². The average molecular weight is 285 g/mol. The molecule has 6 heteroatoms. The predicted molar refractivity (Wildman–Crippen MR) is 75.9 cm³/mol. The Morgan fingerprint density at radius 2 is 2.11 bits per heavy atom. The second-order valence-corrected chi connectivity index (χ2v) is 7.78. The third-order valence-electron chi connectivity index (χ3n) is 3.95. The standard InChI is InChI=1S/C13H23N3O2S/c1-9(13-10(2)15-16(4)11(13)3)14-12-6-5-7-19(17,18)8-12/h9,12,14H,5-8H2,1-4H3. The van der Waals surface area contributed by atoms with Crippen molar-refractivity contribution in [2.45, 2.75) is 45.7 Å². The van der Waals surface area contributed by atoms with E-state index in [1.165, 1.54) is 5.56 Å². The Bertz CT molecular complexity index is 563. The Balaban J connectivity index is 2.11. The number of aromatic nitrogens is 2. The van der Waals surface area contributed by atoms with Gasteiger partial charge in [0.2, 0.25) is 0 Å². The van der Waals surface area contributed by atoms with Gasteiger partial charge in [0, 0.05) is 30.4 Å². The number of rotatable bonds is 3. The van der Waals surface area contributed by atoms with Crippen molar-refractivity contribution >= 4 is 9.84 Å².